The van der Waals surface area contributed by atoms with E-state index in [0.717, 1.165) is 12.8 Å². The van der Waals surface area contributed by atoms with Crippen molar-refractivity contribution in [1.82, 2.24) is 18.3 Å². The van der Waals surface area contributed by atoms with Gasteiger partial charge in [0.1, 0.15) is 0 Å². The topological polar surface area (TPSA) is 94.3 Å². The third-order valence-corrected chi connectivity index (χ3v) is 10.4. The molecule has 2 heterocycles. The van der Waals surface area contributed by atoms with Crippen molar-refractivity contribution in [3.05, 3.63) is 21.9 Å². The van der Waals surface area contributed by atoms with Gasteiger partial charge < -0.3 is 19.3 Å². The molecule has 2 aromatic rings. The number of imidazole rings is 2. The number of nitrogens with zero attached hydrogens (tertiary/aromatic N) is 4. The summed E-state index contributed by atoms with van der Waals surface area (Å²) in [6, 6.07) is 0. The molecular weight excluding hydrogens is 549 g/mol. The molecule has 2 rings (SSSR count). The standard InChI is InChI=1S/C25H44N4O4S4/c1-7-26-16-20(30)28(22(26)34)18-24(3,4)10-14-36(32)12-9-13-37(33)15-11-25(5,6)19-29-21(31)17-27(8-2)23(29)35/h16-17,30-31H,7-15,18-19H2,1-6H3. The number of rotatable bonds is 16. The van der Waals surface area contributed by atoms with E-state index in [1.54, 1.807) is 21.5 Å². The Morgan fingerprint density at radius 3 is 1.38 bits per heavy atom. The van der Waals surface area contributed by atoms with Crippen LogP contribution in [0.3, 0.4) is 0 Å². The summed E-state index contributed by atoms with van der Waals surface area (Å²) in [4.78, 5) is 0. The van der Waals surface area contributed by atoms with E-state index in [2.05, 4.69) is 27.7 Å². The second-order valence-corrected chi connectivity index (χ2v) is 15.3. The molecule has 0 aromatic carbocycles. The number of aromatic nitrogens is 4. The largest absolute Gasteiger partial charge is 0.493 e. The van der Waals surface area contributed by atoms with Gasteiger partial charge in [0.2, 0.25) is 11.8 Å². The molecule has 212 valence electrons. The third kappa shape index (κ3) is 9.47. The van der Waals surface area contributed by atoms with Gasteiger partial charge in [-0.3, -0.25) is 17.6 Å². The molecule has 0 aliphatic rings. The Labute approximate surface area is 236 Å². The Balaban J connectivity index is 1.74. The van der Waals surface area contributed by atoms with Crippen LogP contribution in [0.4, 0.5) is 0 Å². The highest BCUT2D eigenvalue weighted by Gasteiger charge is 2.24. The Kier molecular flexibility index (Phi) is 11.8. The molecule has 0 aliphatic carbocycles. The zero-order valence-electron chi connectivity index (χ0n) is 23.1. The lowest BCUT2D eigenvalue weighted by atomic mass is 9.90. The molecule has 0 fully saturated rings. The molecule has 0 bridgehead atoms. The minimum Gasteiger partial charge on any atom is -0.493 e. The number of hydrogen-bond donors (Lipinski definition) is 2. The van der Waals surface area contributed by atoms with Crippen LogP contribution in [0.2, 0.25) is 0 Å². The molecule has 2 unspecified atom stereocenters. The molecule has 2 atom stereocenters. The highest BCUT2D eigenvalue weighted by Crippen LogP contribution is 2.28. The second-order valence-electron chi connectivity index (χ2n) is 11.2. The first kappa shape index (κ1) is 32.0. The summed E-state index contributed by atoms with van der Waals surface area (Å²) in [6.07, 6.45) is 5.45. The predicted molar refractivity (Wildman–Crippen MR) is 158 cm³/mol. The van der Waals surface area contributed by atoms with Crippen molar-refractivity contribution in [3.63, 3.8) is 0 Å². The lowest BCUT2D eigenvalue weighted by molar-refractivity contribution is 0.274. The van der Waals surface area contributed by atoms with Crippen LogP contribution in [0.5, 0.6) is 11.8 Å². The van der Waals surface area contributed by atoms with Crippen LogP contribution >= 0.6 is 24.4 Å². The molecule has 2 N–H and O–H groups in total. The Morgan fingerprint density at radius 1 is 0.730 bits per heavy atom. The zero-order valence-corrected chi connectivity index (χ0v) is 26.3. The van der Waals surface area contributed by atoms with Crippen LogP contribution in [0.15, 0.2) is 12.4 Å². The van der Waals surface area contributed by atoms with Crippen LogP contribution < -0.4 is 0 Å². The van der Waals surface area contributed by atoms with E-state index >= 15 is 0 Å². The van der Waals surface area contributed by atoms with Gasteiger partial charge in [0.05, 0.1) is 12.4 Å². The van der Waals surface area contributed by atoms with E-state index in [9.17, 15) is 18.6 Å². The smallest absolute Gasteiger partial charge is 0.210 e. The highest BCUT2D eigenvalue weighted by atomic mass is 32.2. The van der Waals surface area contributed by atoms with Crippen molar-refractivity contribution in [1.29, 1.82) is 0 Å². The van der Waals surface area contributed by atoms with E-state index in [-0.39, 0.29) is 22.6 Å². The summed E-state index contributed by atoms with van der Waals surface area (Å²) in [6.45, 7) is 14.9. The molecule has 0 amide bonds. The van der Waals surface area contributed by atoms with Crippen LogP contribution in [0, 0.1) is 20.4 Å². The molecule has 0 saturated carbocycles. The maximum absolute atomic E-state index is 12.6. The molecule has 8 nitrogen and oxygen atoms in total. The molecule has 0 spiro atoms. The van der Waals surface area contributed by atoms with E-state index < -0.39 is 21.6 Å². The maximum Gasteiger partial charge on any atom is 0.210 e. The van der Waals surface area contributed by atoms with Gasteiger partial charge in [0.25, 0.3) is 0 Å². The first-order valence-electron chi connectivity index (χ1n) is 12.9. The fraction of sp³-hybridized carbons (Fsp3) is 0.760. The van der Waals surface area contributed by atoms with Crippen LogP contribution in [-0.2, 0) is 47.8 Å². The van der Waals surface area contributed by atoms with Crippen LogP contribution in [-0.4, -0.2) is 59.9 Å². The summed E-state index contributed by atoms with van der Waals surface area (Å²) >= 11 is 10.9. The molecular formula is C25H44N4O4S4. The molecule has 12 heteroatoms. The molecule has 0 radical (unpaired) electrons. The maximum atomic E-state index is 12.6. The van der Waals surface area contributed by atoms with Gasteiger partial charge in [0.15, 0.2) is 9.54 Å². The summed E-state index contributed by atoms with van der Waals surface area (Å²) in [7, 11) is -1.96. The molecule has 0 saturated heterocycles. The van der Waals surface area contributed by atoms with Crippen molar-refractivity contribution in [2.45, 2.75) is 87.0 Å². The third-order valence-electron chi connectivity index (χ3n) is 6.66. The van der Waals surface area contributed by atoms with Gasteiger partial charge in [0, 0.05) is 70.8 Å². The highest BCUT2D eigenvalue weighted by molar-refractivity contribution is 7.85. The molecule has 2 aromatic heterocycles. The van der Waals surface area contributed by atoms with Crippen molar-refractivity contribution < 1.29 is 18.6 Å². The second kappa shape index (κ2) is 13.7. The summed E-state index contributed by atoms with van der Waals surface area (Å²) < 4.78 is 33.6. The first-order chi connectivity index (χ1) is 17.2. The Bertz CT molecular complexity index is 1110. The quantitative estimate of drug-likeness (QED) is 0.260. The van der Waals surface area contributed by atoms with Crippen molar-refractivity contribution >= 4 is 46.0 Å². The van der Waals surface area contributed by atoms with Gasteiger partial charge >= 0.3 is 0 Å². The SMILES string of the molecule is CCn1cc(O)n(CC(C)(C)CCS(=O)CCCS(=O)CCC(C)(C)Cn2c(O)cn(CC)c2=S)c1=S. The minimum absolute atomic E-state index is 0.158. The Hall–Kier alpha value is -1.24. The van der Waals surface area contributed by atoms with Gasteiger partial charge in [-0.1, -0.05) is 27.7 Å². The van der Waals surface area contributed by atoms with Crippen molar-refractivity contribution in [2.24, 2.45) is 10.8 Å². The normalized spacial score (nSPS) is 14.2. The monoisotopic (exact) mass is 592 g/mol. The fourth-order valence-corrected chi connectivity index (χ4v) is 7.93. The number of hydrogen-bond acceptors (Lipinski definition) is 6. The minimum atomic E-state index is -0.982. The van der Waals surface area contributed by atoms with Gasteiger partial charge in [-0.2, -0.15) is 0 Å². The zero-order chi connectivity index (χ0) is 28.0. The average Bonchev–Trinajstić information content (AvgIpc) is 3.25. The predicted octanol–water partition coefficient (Wildman–Crippen LogP) is 5.22. The van der Waals surface area contributed by atoms with Gasteiger partial charge in [-0.05, 0) is 68.4 Å². The number of aromatic hydroxyl groups is 2. The lowest BCUT2D eigenvalue weighted by Gasteiger charge is -2.25. The van der Waals surface area contributed by atoms with Gasteiger partial charge in [-0.25, -0.2) is 0 Å². The van der Waals surface area contributed by atoms with Crippen LogP contribution in [0.1, 0.15) is 60.8 Å². The van der Waals surface area contributed by atoms with Gasteiger partial charge in [-0.15, -0.1) is 0 Å². The fourth-order valence-electron chi connectivity index (χ4n) is 4.16. The van der Waals surface area contributed by atoms with Crippen molar-refractivity contribution in [2.75, 3.05) is 23.0 Å². The lowest BCUT2D eigenvalue weighted by Crippen LogP contribution is -2.24. The molecule has 0 aliphatic heterocycles. The van der Waals surface area contributed by atoms with Crippen molar-refractivity contribution in [3.8, 4) is 11.8 Å². The summed E-state index contributed by atoms with van der Waals surface area (Å²) in [5.41, 5.74) is -0.343. The molecule has 37 heavy (non-hydrogen) atoms. The number of aryl methyl sites for hydroxylation is 2. The van der Waals surface area contributed by atoms with E-state index in [1.165, 1.54) is 0 Å². The van der Waals surface area contributed by atoms with E-state index in [1.807, 2.05) is 23.0 Å². The first-order valence-corrected chi connectivity index (χ1v) is 16.7. The van der Waals surface area contributed by atoms with E-state index in [0.29, 0.717) is 65.2 Å². The summed E-state index contributed by atoms with van der Waals surface area (Å²) in [5, 5.41) is 20.4. The van der Waals surface area contributed by atoms with E-state index in [4.69, 9.17) is 24.4 Å². The Morgan fingerprint density at radius 2 is 1.08 bits per heavy atom. The average molecular weight is 593 g/mol. The van der Waals surface area contributed by atoms with Crippen LogP contribution in [0.25, 0.3) is 0 Å². The summed E-state index contributed by atoms with van der Waals surface area (Å²) in [5.74, 6) is 2.52.